The molecule has 0 spiro atoms. The summed E-state index contributed by atoms with van der Waals surface area (Å²) in [7, 11) is -7.77. The maximum Gasteiger partial charge on any atom is 0.761 e. The summed E-state index contributed by atoms with van der Waals surface area (Å²) in [5.41, 5.74) is 0. The van der Waals surface area contributed by atoms with Crippen LogP contribution < -0.4 is 0 Å². The van der Waals surface area contributed by atoms with Crippen LogP contribution in [0.25, 0.3) is 0 Å². The molecule has 0 aromatic carbocycles. The fourth-order valence-corrected chi connectivity index (χ4v) is 0. The molecular weight excluding hydrogens is 310 g/mol. The maximum absolute atomic E-state index is 8.88. The zero-order valence-corrected chi connectivity index (χ0v) is 10.1. The van der Waals surface area contributed by atoms with Crippen LogP contribution in [0.15, 0.2) is 0 Å². The second kappa shape index (κ2) is 8.02. The van der Waals surface area contributed by atoms with E-state index in [4.69, 9.17) is 33.3 Å². The second-order valence-electron chi connectivity index (χ2n) is 0.796. The van der Waals surface area contributed by atoms with Gasteiger partial charge in [-0.25, -0.2) is 4.57 Å². The molecule has 0 saturated heterocycles. The largest absolute Gasteiger partial charge is 0.761 e. The topological polar surface area (TPSA) is 135 Å². The van der Waals surface area contributed by atoms with E-state index in [1.165, 1.54) is 0 Å². The fourth-order valence-electron chi connectivity index (χ4n) is 0. The van der Waals surface area contributed by atoms with E-state index < -0.39 is 17.0 Å². The molecular formula is H5LaO7PSi. The van der Waals surface area contributed by atoms with E-state index >= 15 is 0 Å². The van der Waals surface area contributed by atoms with Crippen LogP contribution in [-0.2, 0) is 9.03 Å². The monoisotopic (exact) mass is 315 g/mol. The molecule has 0 aliphatic rings. The van der Waals surface area contributed by atoms with Gasteiger partial charge in [0, 0.05) is 35.6 Å². The molecule has 59 valence electrons. The van der Waals surface area contributed by atoms with Gasteiger partial charge in [0.15, 0.2) is 0 Å². The van der Waals surface area contributed by atoms with Crippen LogP contribution in [0.2, 0.25) is 0 Å². The molecule has 0 amide bonds. The van der Waals surface area contributed by atoms with Gasteiger partial charge in [-0.1, -0.05) is 0 Å². The number of rotatable bonds is 0. The normalized spacial score (nSPS) is 8.30. The first-order valence-corrected chi connectivity index (χ1v) is 4.30. The Kier molecular flexibility index (Phi) is 13.7. The predicted octanol–water partition coefficient (Wildman–Crippen LogP) is -2.54. The molecule has 0 fully saturated rings. The minimum Gasteiger partial charge on any atom is -0.511 e. The third kappa shape index (κ3) is 659. The SMILES string of the molecule is O=P(O)(O)O.O=[Si](O)O.[La]. The Hall–Kier alpha value is 0.922. The summed E-state index contributed by atoms with van der Waals surface area (Å²) in [6.07, 6.45) is 0. The minimum atomic E-state index is -4.64. The number of hydrogen-bond acceptors (Lipinski definition) is 2. The van der Waals surface area contributed by atoms with E-state index in [1.807, 2.05) is 0 Å². The van der Waals surface area contributed by atoms with Crippen molar-refractivity contribution in [2.24, 2.45) is 0 Å². The molecule has 5 N–H and O–H groups in total. The van der Waals surface area contributed by atoms with Gasteiger partial charge in [-0.15, -0.1) is 0 Å². The summed E-state index contributed by atoms with van der Waals surface area (Å²) in [6, 6.07) is 0. The van der Waals surface area contributed by atoms with Gasteiger partial charge in [-0.05, 0) is 0 Å². The molecule has 0 unspecified atom stereocenters. The average Bonchev–Trinajstić information content (AvgIpc) is 1.19. The first-order chi connectivity index (χ1) is 3.73. The zero-order valence-electron chi connectivity index (χ0n) is 4.58. The average molecular weight is 315 g/mol. The Balaban J connectivity index is -0.0000000910. The molecule has 0 rings (SSSR count). The summed E-state index contributed by atoms with van der Waals surface area (Å²) < 4.78 is 17.6. The van der Waals surface area contributed by atoms with Crippen molar-refractivity contribution in [1.29, 1.82) is 0 Å². The first kappa shape index (κ1) is 17.1. The second-order valence-corrected chi connectivity index (χ2v) is 2.39. The van der Waals surface area contributed by atoms with Crippen molar-refractivity contribution in [1.82, 2.24) is 0 Å². The Bertz CT molecular complexity index is 113. The van der Waals surface area contributed by atoms with Crippen molar-refractivity contribution in [3.8, 4) is 0 Å². The van der Waals surface area contributed by atoms with Crippen molar-refractivity contribution < 1.29 is 68.9 Å². The summed E-state index contributed by atoms with van der Waals surface area (Å²) in [5.74, 6) is 0. The molecule has 10 heavy (non-hydrogen) atoms. The Labute approximate surface area is 85.5 Å². The standard InChI is InChI=1S/La.H3O4P.H2O3Si/c;1-5(2,3)4;1-4(2)3/h;(H3,1,2,3,4);1-2H. The van der Waals surface area contributed by atoms with E-state index in [0.29, 0.717) is 0 Å². The number of hydrogen-bond donors (Lipinski definition) is 5. The maximum atomic E-state index is 8.88. The Morgan fingerprint density at radius 1 is 1.10 bits per heavy atom. The minimum absolute atomic E-state index is 0. The van der Waals surface area contributed by atoms with Crippen molar-refractivity contribution in [3.05, 3.63) is 0 Å². The van der Waals surface area contributed by atoms with E-state index in [-0.39, 0.29) is 35.6 Å². The molecule has 0 bridgehead atoms. The molecule has 10 heteroatoms. The van der Waals surface area contributed by atoms with Crippen molar-refractivity contribution in [2.45, 2.75) is 0 Å². The summed E-state index contributed by atoms with van der Waals surface area (Å²) in [4.78, 5) is 35.9. The molecule has 0 atom stereocenters. The van der Waals surface area contributed by atoms with Gasteiger partial charge < -0.3 is 24.3 Å². The molecule has 0 aromatic heterocycles. The molecule has 0 aliphatic carbocycles. The van der Waals surface area contributed by atoms with Crippen LogP contribution in [0.3, 0.4) is 0 Å². The van der Waals surface area contributed by atoms with Crippen LogP contribution in [-0.4, -0.2) is 33.4 Å². The summed E-state index contributed by atoms with van der Waals surface area (Å²) >= 11 is 0. The van der Waals surface area contributed by atoms with Gasteiger partial charge in [0.2, 0.25) is 0 Å². The first-order valence-electron chi connectivity index (χ1n) is 1.43. The van der Waals surface area contributed by atoms with Gasteiger partial charge in [0.25, 0.3) is 0 Å². The van der Waals surface area contributed by atoms with Gasteiger partial charge in [0.05, 0.1) is 0 Å². The van der Waals surface area contributed by atoms with Crippen LogP contribution in [0, 0.1) is 35.6 Å². The van der Waals surface area contributed by atoms with Crippen LogP contribution in [0.4, 0.5) is 0 Å². The fraction of sp³-hybridized carbons (Fsp3) is 0. The van der Waals surface area contributed by atoms with Gasteiger partial charge >= 0.3 is 17.0 Å². The molecule has 1 radical (unpaired) electrons. The van der Waals surface area contributed by atoms with Crippen LogP contribution in [0.1, 0.15) is 0 Å². The molecule has 7 nitrogen and oxygen atoms in total. The van der Waals surface area contributed by atoms with Crippen LogP contribution >= 0.6 is 7.82 Å². The zero-order chi connectivity index (χ0) is 8.08. The third-order valence-corrected chi connectivity index (χ3v) is 0. The van der Waals surface area contributed by atoms with Crippen LogP contribution in [0.5, 0.6) is 0 Å². The van der Waals surface area contributed by atoms with Crippen molar-refractivity contribution >= 4 is 17.0 Å². The van der Waals surface area contributed by atoms with Gasteiger partial charge in [-0.2, -0.15) is 0 Å². The quantitative estimate of drug-likeness (QED) is 0.245. The number of phosphoric acid groups is 1. The van der Waals surface area contributed by atoms with Crippen molar-refractivity contribution in [3.63, 3.8) is 0 Å². The Morgan fingerprint density at radius 2 is 1.10 bits per heavy atom. The predicted molar refractivity (Wildman–Crippen MR) is 25.1 cm³/mol. The van der Waals surface area contributed by atoms with E-state index in [0.717, 1.165) is 0 Å². The molecule has 0 aromatic rings. The van der Waals surface area contributed by atoms with Gasteiger partial charge in [-0.3, -0.25) is 4.46 Å². The Morgan fingerprint density at radius 3 is 1.10 bits per heavy atom. The molecule has 0 aliphatic heterocycles. The van der Waals surface area contributed by atoms with Crippen molar-refractivity contribution in [2.75, 3.05) is 0 Å². The van der Waals surface area contributed by atoms with E-state index in [1.54, 1.807) is 0 Å². The molecule has 0 saturated carbocycles. The third-order valence-electron chi connectivity index (χ3n) is 0. The van der Waals surface area contributed by atoms with E-state index in [2.05, 4.69) is 0 Å². The summed E-state index contributed by atoms with van der Waals surface area (Å²) in [5, 5.41) is 0. The molecule has 0 heterocycles. The van der Waals surface area contributed by atoms with Gasteiger partial charge in [0.1, 0.15) is 0 Å². The smallest absolute Gasteiger partial charge is 0.511 e. The van der Waals surface area contributed by atoms with E-state index in [9.17, 15) is 0 Å². The summed E-state index contributed by atoms with van der Waals surface area (Å²) in [6.45, 7) is 0.